The van der Waals surface area contributed by atoms with Crippen LogP contribution in [0.1, 0.15) is 44.4 Å². The lowest BCUT2D eigenvalue weighted by Crippen LogP contribution is -2.47. The zero-order valence-electron chi connectivity index (χ0n) is 22.7. The number of hydrogen-bond donors (Lipinski definition) is 1. The van der Waals surface area contributed by atoms with Crippen LogP contribution in [0.25, 0.3) is 22.0 Å². The Kier molecular flexibility index (Phi) is 6.11. The molecule has 2 aromatic heterocycles. The van der Waals surface area contributed by atoms with Gasteiger partial charge in [-0.2, -0.15) is 0 Å². The van der Waals surface area contributed by atoms with Gasteiger partial charge in [-0.05, 0) is 57.7 Å². The predicted octanol–water partition coefficient (Wildman–Crippen LogP) is 4.47. The summed E-state index contributed by atoms with van der Waals surface area (Å²) in [6, 6.07) is 19.0. The summed E-state index contributed by atoms with van der Waals surface area (Å²) in [4.78, 5) is 15.0. The molecule has 4 aromatic rings. The second kappa shape index (κ2) is 9.27. The maximum Gasteiger partial charge on any atom is 0.250 e. The van der Waals surface area contributed by atoms with Gasteiger partial charge in [0, 0.05) is 59.2 Å². The van der Waals surface area contributed by atoms with Crippen LogP contribution >= 0.6 is 0 Å². The number of fused-ring (bicyclic) bond motifs is 5. The molecule has 0 aliphatic carbocycles. The molecule has 202 valence electrons. The highest BCUT2D eigenvalue weighted by molar-refractivity contribution is 7.89. The number of rotatable bonds is 4. The number of hydrogen-bond acceptors (Lipinski definition) is 6. The average Bonchev–Trinajstić information content (AvgIpc) is 2.87. The molecule has 8 nitrogen and oxygen atoms in total. The van der Waals surface area contributed by atoms with Gasteiger partial charge in [0.1, 0.15) is 5.69 Å². The van der Waals surface area contributed by atoms with E-state index in [9.17, 15) is 13.2 Å². The first-order valence-electron chi connectivity index (χ1n) is 13.4. The van der Waals surface area contributed by atoms with Crippen molar-refractivity contribution in [2.75, 3.05) is 18.0 Å². The van der Waals surface area contributed by atoms with Crippen molar-refractivity contribution in [1.29, 1.82) is 0 Å². The van der Waals surface area contributed by atoms with Crippen LogP contribution in [0, 0.1) is 12.8 Å². The minimum atomic E-state index is -3.72. The molecule has 2 aliphatic rings. The highest BCUT2D eigenvalue weighted by atomic mass is 32.2. The lowest BCUT2D eigenvalue weighted by atomic mass is 9.83. The molecule has 0 amide bonds. The first kappa shape index (κ1) is 25.7. The fourth-order valence-corrected chi connectivity index (χ4v) is 7.79. The SMILES string of the molecule is Cc1ccc(-c2nnc(N3CC4CC(C3)c3cccc(=O)n3C4)c3ccccc23)cc1S(=O)(=O)NC(C)(C)C. The lowest BCUT2D eigenvalue weighted by Gasteiger charge is -2.43. The van der Waals surface area contributed by atoms with Gasteiger partial charge in [0.05, 0.1) is 4.90 Å². The molecular formula is C30H33N5O3S. The molecule has 0 saturated carbocycles. The normalized spacial score (nSPS) is 19.2. The predicted molar refractivity (Wildman–Crippen MR) is 154 cm³/mol. The molecule has 6 rings (SSSR count). The van der Waals surface area contributed by atoms with Crippen molar-refractivity contribution in [3.05, 3.63) is 82.3 Å². The van der Waals surface area contributed by atoms with Crippen LogP contribution < -0.4 is 15.2 Å². The third kappa shape index (κ3) is 4.74. The van der Waals surface area contributed by atoms with Crippen LogP contribution in [0.3, 0.4) is 0 Å². The largest absolute Gasteiger partial charge is 0.354 e. The summed E-state index contributed by atoms with van der Waals surface area (Å²) in [5.74, 6) is 1.44. The van der Waals surface area contributed by atoms with Gasteiger partial charge in [0.2, 0.25) is 10.0 Å². The van der Waals surface area contributed by atoms with E-state index in [1.54, 1.807) is 19.1 Å². The molecule has 39 heavy (non-hydrogen) atoms. The van der Waals surface area contributed by atoms with E-state index in [4.69, 9.17) is 5.10 Å². The van der Waals surface area contributed by atoms with Gasteiger partial charge >= 0.3 is 0 Å². The molecular weight excluding hydrogens is 510 g/mol. The minimum Gasteiger partial charge on any atom is -0.354 e. The Balaban J connectivity index is 1.41. The van der Waals surface area contributed by atoms with Gasteiger partial charge in [0.15, 0.2) is 5.82 Å². The summed E-state index contributed by atoms with van der Waals surface area (Å²) < 4.78 is 31.1. The van der Waals surface area contributed by atoms with E-state index in [2.05, 4.69) is 26.9 Å². The molecule has 2 unspecified atom stereocenters. The first-order chi connectivity index (χ1) is 18.5. The van der Waals surface area contributed by atoms with Gasteiger partial charge in [-0.1, -0.05) is 42.5 Å². The molecule has 1 fully saturated rings. The molecule has 4 heterocycles. The van der Waals surface area contributed by atoms with Gasteiger partial charge in [-0.15, -0.1) is 10.2 Å². The van der Waals surface area contributed by atoms with E-state index in [1.807, 2.05) is 61.7 Å². The van der Waals surface area contributed by atoms with Crippen molar-refractivity contribution in [3.8, 4) is 11.3 Å². The van der Waals surface area contributed by atoms with Crippen LogP contribution in [0.4, 0.5) is 5.82 Å². The highest BCUT2D eigenvalue weighted by Gasteiger charge is 2.36. The second-order valence-corrected chi connectivity index (χ2v) is 13.5. The first-order valence-corrected chi connectivity index (χ1v) is 14.8. The fourth-order valence-electron chi connectivity index (χ4n) is 6.10. The molecule has 2 aliphatic heterocycles. The smallest absolute Gasteiger partial charge is 0.250 e. The van der Waals surface area contributed by atoms with Crippen molar-refractivity contribution in [3.63, 3.8) is 0 Å². The molecule has 0 radical (unpaired) electrons. The third-order valence-corrected chi connectivity index (χ3v) is 9.54. The van der Waals surface area contributed by atoms with Crippen molar-refractivity contribution < 1.29 is 8.42 Å². The van der Waals surface area contributed by atoms with E-state index in [-0.39, 0.29) is 16.4 Å². The van der Waals surface area contributed by atoms with Crippen LogP contribution in [0.5, 0.6) is 0 Å². The zero-order chi connectivity index (χ0) is 27.5. The van der Waals surface area contributed by atoms with E-state index in [0.717, 1.165) is 41.8 Å². The van der Waals surface area contributed by atoms with E-state index in [0.29, 0.717) is 29.3 Å². The quantitative estimate of drug-likeness (QED) is 0.408. The van der Waals surface area contributed by atoms with Crippen LogP contribution in [-0.2, 0) is 16.6 Å². The number of anilines is 1. The van der Waals surface area contributed by atoms with E-state index >= 15 is 0 Å². The number of sulfonamides is 1. The monoisotopic (exact) mass is 543 g/mol. The molecule has 0 spiro atoms. The number of piperidine rings is 1. The van der Waals surface area contributed by atoms with Crippen molar-refractivity contribution >= 4 is 26.6 Å². The summed E-state index contributed by atoms with van der Waals surface area (Å²) in [5.41, 5.74) is 2.58. The number of nitrogens with one attached hydrogen (secondary N) is 1. The average molecular weight is 544 g/mol. The summed E-state index contributed by atoms with van der Waals surface area (Å²) in [6.45, 7) is 9.57. The topological polar surface area (TPSA) is 97.2 Å². The van der Waals surface area contributed by atoms with Gasteiger partial charge < -0.3 is 9.47 Å². The fraction of sp³-hybridized carbons (Fsp3) is 0.367. The Labute approximate surface area is 228 Å². The highest BCUT2D eigenvalue weighted by Crippen LogP contribution is 2.39. The standard InChI is InChI=1S/C30H33N5O3S/c1-19-12-13-21(15-26(19)39(37,38)33-30(2,3)4)28-23-8-5-6-9-24(23)29(32-31-28)34-16-20-14-22(18-34)25-10-7-11-27(36)35(25)17-20/h5-13,15,20,22,33H,14,16-18H2,1-4H3. The Morgan fingerprint density at radius 2 is 1.69 bits per heavy atom. The van der Waals surface area contributed by atoms with Gasteiger partial charge in [-0.3, -0.25) is 4.79 Å². The van der Waals surface area contributed by atoms with Gasteiger partial charge in [-0.25, -0.2) is 13.1 Å². The second-order valence-electron chi connectivity index (χ2n) is 11.9. The lowest BCUT2D eigenvalue weighted by molar-refractivity contribution is 0.280. The Bertz CT molecular complexity index is 1760. The Morgan fingerprint density at radius 3 is 2.46 bits per heavy atom. The summed E-state index contributed by atoms with van der Waals surface area (Å²) >= 11 is 0. The zero-order valence-corrected chi connectivity index (χ0v) is 23.5. The van der Waals surface area contributed by atoms with Crippen molar-refractivity contribution in [1.82, 2.24) is 19.5 Å². The number of benzene rings is 2. The van der Waals surface area contributed by atoms with Crippen LogP contribution in [-0.4, -0.2) is 41.8 Å². The maximum atomic E-state index is 13.2. The number of aromatic nitrogens is 3. The minimum absolute atomic E-state index is 0.0717. The molecule has 2 atom stereocenters. The molecule has 2 aromatic carbocycles. The molecule has 1 N–H and O–H groups in total. The molecule has 1 saturated heterocycles. The Hall–Kier alpha value is -3.56. The maximum absolute atomic E-state index is 13.2. The molecule has 9 heteroatoms. The summed E-state index contributed by atoms with van der Waals surface area (Å²) in [5, 5.41) is 11.3. The third-order valence-electron chi connectivity index (χ3n) is 7.64. The van der Waals surface area contributed by atoms with Gasteiger partial charge in [0.25, 0.3) is 5.56 Å². The summed E-state index contributed by atoms with van der Waals surface area (Å²) in [6.07, 6.45) is 1.06. The number of aryl methyl sites for hydroxylation is 1. The van der Waals surface area contributed by atoms with Crippen LogP contribution in [0.2, 0.25) is 0 Å². The summed E-state index contributed by atoms with van der Waals surface area (Å²) in [7, 11) is -3.72. The molecule has 2 bridgehead atoms. The van der Waals surface area contributed by atoms with E-state index < -0.39 is 15.6 Å². The number of nitrogens with zero attached hydrogens (tertiary/aromatic N) is 4. The van der Waals surface area contributed by atoms with Crippen molar-refractivity contribution in [2.24, 2.45) is 5.92 Å². The Morgan fingerprint density at radius 1 is 0.923 bits per heavy atom. The van der Waals surface area contributed by atoms with Crippen LogP contribution in [0.15, 0.2) is 70.4 Å². The van der Waals surface area contributed by atoms with Crippen molar-refractivity contribution in [2.45, 2.75) is 57.0 Å². The van der Waals surface area contributed by atoms with E-state index in [1.165, 1.54) is 0 Å². The number of pyridine rings is 1.